The number of rotatable bonds is 5. The van der Waals surface area contributed by atoms with Gasteiger partial charge < -0.3 is 20.1 Å². The Morgan fingerprint density at radius 3 is 2.30 bits per heavy atom. The van der Waals surface area contributed by atoms with Gasteiger partial charge in [-0.1, -0.05) is 31.7 Å². The van der Waals surface area contributed by atoms with Crippen LogP contribution in [0.2, 0.25) is 0 Å². The van der Waals surface area contributed by atoms with Crippen LogP contribution in [0.5, 0.6) is 0 Å². The molecule has 0 spiro atoms. The van der Waals surface area contributed by atoms with Gasteiger partial charge in [0.2, 0.25) is 0 Å². The summed E-state index contributed by atoms with van der Waals surface area (Å²) in [6.45, 7) is 15.3. The Hall–Kier alpha value is -1.43. The molecule has 0 radical (unpaired) electrons. The molecule has 2 saturated carbocycles. The first-order valence-corrected chi connectivity index (χ1v) is 9.76. The Morgan fingerprint density at radius 2 is 1.74 bits per heavy atom. The summed E-state index contributed by atoms with van der Waals surface area (Å²) in [5.74, 6) is -1.35. The first-order chi connectivity index (χ1) is 12.5. The highest BCUT2D eigenvalue weighted by atomic mass is 16.5. The van der Waals surface area contributed by atoms with E-state index in [9.17, 15) is 20.1 Å². The third-order valence-corrected chi connectivity index (χ3v) is 6.31. The largest absolute Gasteiger partial charge is 0.462 e. The zero-order valence-electron chi connectivity index (χ0n) is 16.9. The lowest BCUT2D eigenvalue weighted by atomic mass is 9.76. The molecule has 0 aromatic rings. The number of carbonyl (C=O) groups excluding carboxylic acids is 1. The van der Waals surface area contributed by atoms with Gasteiger partial charge in [-0.25, -0.2) is 0 Å². The highest BCUT2D eigenvalue weighted by molar-refractivity contribution is 5.66. The number of ether oxygens (including phenoxy) is 1. The zero-order chi connectivity index (χ0) is 20.5. The highest BCUT2D eigenvalue weighted by Gasteiger charge is 2.50. The van der Waals surface area contributed by atoms with Gasteiger partial charge in [0.25, 0.3) is 0 Å². The average molecular weight is 379 g/mol. The van der Waals surface area contributed by atoms with Crippen molar-refractivity contribution in [2.24, 2.45) is 23.7 Å². The fourth-order valence-corrected chi connectivity index (χ4v) is 4.66. The number of aliphatic hydroxyl groups excluding tert-OH is 3. The second-order valence-corrected chi connectivity index (χ2v) is 8.46. The Kier molecular flexibility index (Phi) is 7.06. The molecule has 0 amide bonds. The minimum atomic E-state index is -0.784. The van der Waals surface area contributed by atoms with Crippen molar-refractivity contribution in [3.63, 3.8) is 0 Å². The van der Waals surface area contributed by atoms with E-state index in [4.69, 9.17) is 4.74 Å². The number of esters is 1. The molecular formula is C22H34O5. The summed E-state index contributed by atoms with van der Waals surface area (Å²) < 4.78 is 5.56. The van der Waals surface area contributed by atoms with Crippen LogP contribution in [0.1, 0.15) is 47.0 Å². The van der Waals surface area contributed by atoms with Gasteiger partial charge in [0.05, 0.1) is 18.3 Å². The molecule has 0 aromatic carbocycles. The molecular weight excluding hydrogens is 344 g/mol. The summed E-state index contributed by atoms with van der Waals surface area (Å²) in [7, 11) is 0. The predicted octanol–water partition coefficient (Wildman–Crippen LogP) is 2.76. The van der Waals surface area contributed by atoms with Crippen LogP contribution in [0.25, 0.3) is 0 Å². The first kappa shape index (κ1) is 21.9. The third kappa shape index (κ3) is 4.71. The Bertz CT molecular complexity index is 618. The fourth-order valence-electron chi connectivity index (χ4n) is 4.66. The standard InChI is InChI=1S/C22H34O5/c1-11(2)7-8-20(27-15(6)23)13(4)17-10-18(24)12(3)16-9-19(25)14(5)21(16)22(17)26/h7,13,16-22,24-26H,3,5,8-10H2,1-2,4,6H3/t13-,16+,17+,18-,19+,20-,21-,22-/m0/s1. The van der Waals surface area contributed by atoms with Gasteiger partial charge >= 0.3 is 5.97 Å². The highest BCUT2D eigenvalue weighted by Crippen LogP contribution is 2.49. The summed E-state index contributed by atoms with van der Waals surface area (Å²) in [5.41, 5.74) is 2.38. The van der Waals surface area contributed by atoms with Crippen molar-refractivity contribution in [3.8, 4) is 0 Å². The van der Waals surface area contributed by atoms with Crippen LogP contribution in [-0.2, 0) is 9.53 Å². The molecule has 0 aromatic heterocycles. The quantitative estimate of drug-likeness (QED) is 0.506. The maximum absolute atomic E-state index is 11.6. The molecule has 5 nitrogen and oxygen atoms in total. The molecule has 2 aliphatic rings. The van der Waals surface area contributed by atoms with Crippen LogP contribution in [0.15, 0.2) is 36.0 Å². The van der Waals surface area contributed by atoms with Crippen molar-refractivity contribution in [3.05, 3.63) is 36.0 Å². The van der Waals surface area contributed by atoms with Crippen molar-refractivity contribution in [1.82, 2.24) is 0 Å². The van der Waals surface area contributed by atoms with Crippen molar-refractivity contribution >= 4 is 5.97 Å². The molecule has 152 valence electrons. The van der Waals surface area contributed by atoms with Gasteiger partial charge in [0.1, 0.15) is 6.10 Å². The van der Waals surface area contributed by atoms with Crippen molar-refractivity contribution in [1.29, 1.82) is 0 Å². The predicted molar refractivity (Wildman–Crippen MR) is 105 cm³/mol. The van der Waals surface area contributed by atoms with Gasteiger partial charge in [-0.15, -0.1) is 0 Å². The van der Waals surface area contributed by atoms with Gasteiger partial charge in [-0.3, -0.25) is 4.79 Å². The van der Waals surface area contributed by atoms with Crippen LogP contribution in [0, 0.1) is 23.7 Å². The van der Waals surface area contributed by atoms with Crippen LogP contribution in [0.3, 0.4) is 0 Å². The zero-order valence-corrected chi connectivity index (χ0v) is 16.9. The molecule has 3 N–H and O–H groups in total. The molecule has 2 fully saturated rings. The smallest absolute Gasteiger partial charge is 0.302 e. The number of allylic oxidation sites excluding steroid dienone is 1. The number of carbonyl (C=O) groups is 1. The van der Waals surface area contributed by atoms with Crippen molar-refractivity contribution in [2.45, 2.75) is 71.4 Å². The molecule has 0 aliphatic heterocycles. The van der Waals surface area contributed by atoms with Gasteiger partial charge in [0.15, 0.2) is 0 Å². The summed E-state index contributed by atoms with van der Waals surface area (Å²) in [6, 6.07) is 0. The number of hydrogen-bond donors (Lipinski definition) is 3. The van der Waals surface area contributed by atoms with E-state index in [1.54, 1.807) is 0 Å². The van der Waals surface area contributed by atoms with E-state index in [0.29, 0.717) is 30.4 Å². The molecule has 0 saturated heterocycles. The normalized spacial score (nSPS) is 35.8. The SMILES string of the molecule is C=C1[C@@H]2[C@@H](O)[C@@H]([C@H](C)[C@H](CC=C(C)C)OC(C)=O)C[C@H](O)C(=C)[C@H]2C[C@H]1O. The van der Waals surface area contributed by atoms with E-state index in [-0.39, 0.29) is 29.6 Å². The van der Waals surface area contributed by atoms with E-state index in [1.807, 2.05) is 26.8 Å². The molecule has 2 aliphatic carbocycles. The lowest BCUT2D eigenvalue weighted by Gasteiger charge is -2.35. The average Bonchev–Trinajstić information content (AvgIpc) is 2.84. The van der Waals surface area contributed by atoms with Crippen LogP contribution in [0.4, 0.5) is 0 Å². The third-order valence-electron chi connectivity index (χ3n) is 6.31. The molecule has 2 rings (SSSR count). The topological polar surface area (TPSA) is 87.0 Å². The monoisotopic (exact) mass is 378 g/mol. The molecule has 0 unspecified atom stereocenters. The Balaban J connectivity index is 2.32. The maximum atomic E-state index is 11.6. The maximum Gasteiger partial charge on any atom is 0.302 e. The van der Waals surface area contributed by atoms with Crippen molar-refractivity contribution in [2.75, 3.05) is 0 Å². The Labute approximate surface area is 162 Å². The second kappa shape index (κ2) is 8.72. The number of fused-ring (bicyclic) bond motifs is 1. The lowest BCUT2D eigenvalue weighted by molar-refractivity contribution is -0.151. The second-order valence-electron chi connectivity index (χ2n) is 8.46. The molecule has 27 heavy (non-hydrogen) atoms. The lowest BCUT2D eigenvalue weighted by Crippen LogP contribution is -2.40. The van der Waals surface area contributed by atoms with E-state index in [0.717, 1.165) is 5.57 Å². The minimum absolute atomic E-state index is 0.175. The van der Waals surface area contributed by atoms with Gasteiger partial charge in [-0.2, -0.15) is 0 Å². The summed E-state index contributed by atoms with van der Waals surface area (Å²) in [5, 5.41) is 32.1. The van der Waals surface area contributed by atoms with E-state index >= 15 is 0 Å². The van der Waals surface area contributed by atoms with Crippen LogP contribution < -0.4 is 0 Å². The van der Waals surface area contributed by atoms with Gasteiger partial charge in [-0.05, 0) is 55.6 Å². The number of hydrogen-bond acceptors (Lipinski definition) is 5. The fraction of sp³-hybridized carbons (Fsp3) is 0.682. The molecule has 5 heteroatoms. The van der Waals surface area contributed by atoms with E-state index < -0.39 is 24.4 Å². The Morgan fingerprint density at radius 1 is 1.15 bits per heavy atom. The van der Waals surface area contributed by atoms with Crippen molar-refractivity contribution < 1.29 is 24.9 Å². The number of aliphatic hydroxyl groups is 3. The summed E-state index contributed by atoms with van der Waals surface area (Å²) in [4.78, 5) is 11.6. The molecule has 8 atom stereocenters. The van der Waals surface area contributed by atoms with E-state index in [1.165, 1.54) is 6.92 Å². The van der Waals surface area contributed by atoms with Crippen LogP contribution >= 0.6 is 0 Å². The summed E-state index contributed by atoms with van der Waals surface area (Å²) in [6.07, 6.45) is 0.725. The minimum Gasteiger partial charge on any atom is -0.462 e. The molecule has 0 heterocycles. The summed E-state index contributed by atoms with van der Waals surface area (Å²) >= 11 is 0. The molecule has 0 bridgehead atoms. The van der Waals surface area contributed by atoms with Crippen LogP contribution in [-0.4, -0.2) is 45.7 Å². The van der Waals surface area contributed by atoms with Gasteiger partial charge in [0, 0.05) is 19.3 Å². The first-order valence-electron chi connectivity index (χ1n) is 9.76. The van der Waals surface area contributed by atoms with E-state index in [2.05, 4.69) is 13.2 Å².